The normalized spacial score (nSPS) is 12.0. The van der Waals surface area contributed by atoms with Gasteiger partial charge in [-0.05, 0) is 6.42 Å². The van der Waals surface area contributed by atoms with Gasteiger partial charge in [-0.15, -0.1) is 5.10 Å². The first-order valence-electron chi connectivity index (χ1n) is 7.05. The molecule has 7 heteroatoms. The lowest BCUT2D eigenvalue weighted by Gasteiger charge is -2.10. The summed E-state index contributed by atoms with van der Waals surface area (Å²) in [5.74, 6) is 0.631. The second kappa shape index (κ2) is 7.92. The maximum absolute atomic E-state index is 8.57. The highest BCUT2D eigenvalue weighted by molar-refractivity contribution is 6.28. The van der Waals surface area contributed by atoms with Gasteiger partial charge < -0.3 is 10.1 Å². The minimum absolute atomic E-state index is 0.625. The summed E-state index contributed by atoms with van der Waals surface area (Å²) in [6.07, 6.45) is 4.08. The zero-order chi connectivity index (χ0) is 15.8. The summed E-state index contributed by atoms with van der Waals surface area (Å²) in [6.45, 7) is 1.36. The SMILES string of the molecule is CN(C)C(/C=N/O)=NCCCn1cc(-c2ccccc2)nn1. The van der Waals surface area contributed by atoms with Crippen LogP contribution in [0.5, 0.6) is 0 Å². The highest BCUT2D eigenvalue weighted by Gasteiger charge is 2.03. The second-order valence-electron chi connectivity index (χ2n) is 4.97. The summed E-state index contributed by atoms with van der Waals surface area (Å²) in [5.41, 5.74) is 1.92. The lowest BCUT2D eigenvalue weighted by molar-refractivity contribution is 0.322. The molecule has 1 aromatic carbocycles. The van der Waals surface area contributed by atoms with Crippen LogP contribution in [0.2, 0.25) is 0 Å². The van der Waals surface area contributed by atoms with Crippen molar-refractivity contribution in [3.8, 4) is 11.3 Å². The minimum atomic E-state index is 0.625. The summed E-state index contributed by atoms with van der Waals surface area (Å²) in [7, 11) is 3.70. The molecule has 0 aliphatic heterocycles. The molecule has 1 aromatic heterocycles. The van der Waals surface area contributed by atoms with Crippen LogP contribution in [0.15, 0.2) is 46.7 Å². The molecule has 1 heterocycles. The Balaban J connectivity index is 1.88. The summed E-state index contributed by atoms with van der Waals surface area (Å²) >= 11 is 0. The quantitative estimate of drug-likeness (QED) is 0.290. The van der Waals surface area contributed by atoms with Crippen molar-refractivity contribution in [2.24, 2.45) is 10.1 Å². The Labute approximate surface area is 129 Å². The zero-order valence-corrected chi connectivity index (χ0v) is 12.8. The average molecular weight is 300 g/mol. The maximum Gasteiger partial charge on any atom is 0.145 e. The van der Waals surface area contributed by atoms with Gasteiger partial charge in [0.2, 0.25) is 0 Å². The number of hydrogen-bond donors (Lipinski definition) is 1. The van der Waals surface area contributed by atoms with Crippen molar-refractivity contribution in [3.63, 3.8) is 0 Å². The number of amidine groups is 1. The molecule has 0 aliphatic carbocycles. The molecular weight excluding hydrogens is 280 g/mol. The van der Waals surface area contributed by atoms with Gasteiger partial charge in [0.15, 0.2) is 0 Å². The van der Waals surface area contributed by atoms with Crippen LogP contribution in [-0.2, 0) is 6.54 Å². The number of aliphatic imine (C=N–C) groups is 1. The molecule has 0 saturated heterocycles. The lowest BCUT2D eigenvalue weighted by atomic mass is 10.2. The molecule has 1 N–H and O–H groups in total. The van der Waals surface area contributed by atoms with Crippen LogP contribution in [0.1, 0.15) is 6.42 Å². The zero-order valence-electron chi connectivity index (χ0n) is 12.8. The first kappa shape index (κ1) is 15.7. The van der Waals surface area contributed by atoms with Crippen molar-refractivity contribution in [2.45, 2.75) is 13.0 Å². The van der Waals surface area contributed by atoms with E-state index in [1.54, 1.807) is 4.90 Å². The van der Waals surface area contributed by atoms with Crippen molar-refractivity contribution in [2.75, 3.05) is 20.6 Å². The summed E-state index contributed by atoms with van der Waals surface area (Å²) in [4.78, 5) is 6.16. The highest BCUT2D eigenvalue weighted by atomic mass is 16.4. The number of hydrogen-bond acceptors (Lipinski definition) is 5. The number of aryl methyl sites for hydroxylation is 1. The van der Waals surface area contributed by atoms with Gasteiger partial charge in [-0.3, -0.25) is 9.67 Å². The van der Waals surface area contributed by atoms with E-state index in [4.69, 9.17) is 5.21 Å². The van der Waals surface area contributed by atoms with Crippen LogP contribution in [0, 0.1) is 0 Å². The van der Waals surface area contributed by atoms with Crippen LogP contribution in [-0.4, -0.2) is 57.8 Å². The van der Waals surface area contributed by atoms with Gasteiger partial charge in [0.25, 0.3) is 0 Å². The van der Waals surface area contributed by atoms with Crippen LogP contribution in [0.4, 0.5) is 0 Å². The molecule has 22 heavy (non-hydrogen) atoms. The van der Waals surface area contributed by atoms with Crippen LogP contribution in [0.3, 0.4) is 0 Å². The summed E-state index contributed by atoms with van der Waals surface area (Å²) in [5, 5.41) is 19.9. The molecule has 0 fully saturated rings. The summed E-state index contributed by atoms with van der Waals surface area (Å²) < 4.78 is 1.81. The fourth-order valence-electron chi connectivity index (χ4n) is 1.92. The maximum atomic E-state index is 8.57. The van der Waals surface area contributed by atoms with E-state index in [2.05, 4.69) is 20.5 Å². The molecule has 2 rings (SSSR count). The van der Waals surface area contributed by atoms with Gasteiger partial charge in [0.1, 0.15) is 17.7 Å². The Morgan fingerprint density at radius 2 is 2.09 bits per heavy atom. The Morgan fingerprint density at radius 1 is 1.32 bits per heavy atom. The van der Waals surface area contributed by atoms with Gasteiger partial charge in [-0.2, -0.15) is 0 Å². The molecule has 0 aliphatic rings. The molecule has 0 unspecified atom stereocenters. The predicted octanol–water partition coefficient (Wildman–Crippen LogP) is 1.76. The van der Waals surface area contributed by atoms with Crippen LogP contribution >= 0.6 is 0 Å². The molecule has 2 aromatic rings. The van der Waals surface area contributed by atoms with Crippen LogP contribution < -0.4 is 0 Å². The fraction of sp³-hybridized carbons (Fsp3) is 0.333. The third-order valence-electron chi connectivity index (χ3n) is 3.06. The van der Waals surface area contributed by atoms with Gasteiger partial charge in [0, 0.05) is 32.7 Å². The monoisotopic (exact) mass is 300 g/mol. The Bertz CT molecular complexity index is 632. The van der Waals surface area contributed by atoms with Crippen molar-refractivity contribution in [1.29, 1.82) is 0 Å². The lowest BCUT2D eigenvalue weighted by Crippen LogP contribution is -2.23. The molecular formula is C15H20N6O. The van der Waals surface area contributed by atoms with Gasteiger partial charge in [0.05, 0.1) is 6.20 Å². The third-order valence-corrected chi connectivity index (χ3v) is 3.06. The number of aromatic nitrogens is 3. The van der Waals surface area contributed by atoms with E-state index in [9.17, 15) is 0 Å². The standard InChI is InChI=1S/C15H20N6O/c1-20(2)15(11-17-22)16-9-6-10-21-12-14(18-19-21)13-7-4-3-5-8-13/h3-5,7-8,11-12,22H,6,9-10H2,1-2H3/b16-15?,17-11+. The van der Waals surface area contributed by atoms with E-state index in [1.165, 1.54) is 6.21 Å². The largest absolute Gasteiger partial charge is 0.411 e. The Kier molecular flexibility index (Phi) is 5.65. The summed E-state index contributed by atoms with van der Waals surface area (Å²) in [6, 6.07) is 9.96. The first-order chi connectivity index (χ1) is 10.7. The van der Waals surface area contributed by atoms with E-state index in [-0.39, 0.29) is 0 Å². The average Bonchev–Trinajstić information content (AvgIpc) is 3.00. The molecule has 0 atom stereocenters. The number of nitrogens with zero attached hydrogens (tertiary/aromatic N) is 6. The molecule has 7 nitrogen and oxygen atoms in total. The number of benzene rings is 1. The van der Waals surface area contributed by atoms with Crippen molar-refractivity contribution in [3.05, 3.63) is 36.5 Å². The van der Waals surface area contributed by atoms with Gasteiger partial charge in [-0.1, -0.05) is 40.7 Å². The van der Waals surface area contributed by atoms with E-state index < -0.39 is 0 Å². The van der Waals surface area contributed by atoms with E-state index in [1.807, 2.05) is 55.3 Å². The van der Waals surface area contributed by atoms with Gasteiger partial charge >= 0.3 is 0 Å². The molecule has 0 saturated carbocycles. The number of rotatable bonds is 6. The van der Waals surface area contributed by atoms with Gasteiger partial charge in [-0.25, -0.2) is 0 Å². The van der Waals surface area contributed by atoms with Crippen LogP contribution in [0.25, 0.3) is 11.3 Å². The fourth-order valence-corrected chi connectivity index (χ4v) is 1.92. The second-order valence-corrected chi connectivity index (χ2v) is 4.97. The predicted molar refractivity (Wildman–Crippen MR) is 86.3 cm³/mol. The highest BCUT2D eigenvalue weighted by Crippen LogP contribution is 2.14. The molecule has 0 bridgehead atoms. The molecule has 0 amide bonds. The van der Waals surface area contributed by atoms with Crippen molar-refractivity contribution in [1.82, 2.24) is 19.9 Å². The first-order valence-corrected chi connectivity index (χ1v) is 7.05. The van der Waals surface area contributed by atoms with E-state index in [0.29, 0.717) is 12.4 Å². The minimum Gasteiger partial charge on any atom is -0.411 e. The van der Waals surface area contributed by atoms with Crippen molar-refractivity contribution < 1.29 is 5.21 Å². The van der Waals surface area contributed by atoms with Crippen molar-refractivity contribution >= 4 is 12.1 Å². The smallest absolute Gasteiger partial charge is 0.145 e. The third kappa shape index (κ3) is 4.41. The van der Waals surface area contributed by atoms with E-state index in [0.717, 1.165) is 24.2 Å². The Hall–Kier alpha value is -2.70. The Morgan fingerprint density at radius 3 is 2.77 bits per heavy atom. The van der Waals surface area contributed by atoms with E-state index >= 15 is 0 Å². The molecule has 0 spiro atoms. The molecule has 116 valence electrons. The topological polar surface area (TPSA) is 78.9 Å². The number of oxime groups is 1. The molecule has 0 radical (unpaired) electrons.